The lowest BCUT2D eigenvalue weighted by Gasteiger charge is -2.12. The maximum atomic E-state index is 12.9. The minimum atomic E-state index is -0.517. The van der Waals surface area contributed by atoms with Gasteiger partial charge in [0.05, 0.1) is 0 Å². The normalized spacial score (nSPS) is 10.5. The molecule has 148 valence electrons. The molecule has 0 fully saturated rings. The summed E-state index contributed by atoms with van der Waals surface area (Å²) in [6.07, 6.45) is 1.64. The van der Waals surface area contributed by atoms with E-state index in [0.29, 0.717) is 28.7 Å². The predicted octanol–water partition coefficient (Wildman–Crippen LogP) is 3.72. The Bertz CT molecular complexity index is 1080. The molecule has 0 aliphatic rings. The van der Waals surface area contributed by atoms with Gasteiger partial charge in [0.2, 0.25) is 11.7 Å². The van der Waals surface area contributed by atoms with Crippen molar-refractivity contribution < 1.29 is 4.79 Å². The lowest BCUT2D eigenvalue weighted by atomic mass is 10.2. The van der Waals surface area contributed by atoms with E-state index in [9.17, 15) is 9.59 Å². The quantitative estimate of drug-likeness (QED) is 0.383. The highest BCUT2D eigenvalue weighted by atomic mass is 79.9. The van der Waals surface area contributed by atoms with Gasteiger partial charge in [-0.1, -0.05) is 45.9 Å². The largest absolute Gasteiger partial charge is 0.366 e. The van der Waals surface area contributed by atoms with Crippen molar-refractivity contribution in [3.8, 4) is 0 Å². The molecule has 0 bridgehead atoms. The molecule has 9 heteroatoms. The molecule has 3 rings (SSSR count). The number of carbonyl (C=O) groups excluding carboxylic acids is 1. The third-order valence-corrected chi connectivity index (χ3v) is 5.51. The fourth-order valence-corrected chi connectivity index (χ4v) is 3.63. The van der Waals surface area contributed by atoms with Crippen LogP contribution in [0.2, 0.25) is 0 Å². The van der Waals surface area contributed by atoms with Crippen LogP contribution in [0.15, 0.2) is 75.6 Å². The van der Waals surface area contributed by atoms with E-state index in [1.165, 1.54) is 16.3 Å². The Kier molecular flexibility index (Phi) is 6.84. The number of nitrogens with two attached hydrogens (primary N) is 1. The number of nitrogens with zero attached hydrogens (tertiary/aromatic N) is 3. The Morgan fingerprint density at radius 2 is 1.86 bits per heavy atom. The molecule has 0 atom stereocenters. The molecule has 1 aromatic heterocycles. The van der Waals surface area contributed by atoms with Gasteiger partial charge in [-0.2, -0.15) is 0 Å². The van der Waals surface area contributed by atoms with Gasteiger partial charge in [0.1, 0.15) is 0 Å². The molecule has 0 saturated heterocycles. The number of allylic oxidation sites excluding steroid dienone is 1. The fourth-order valence-electron chi connectivity index (χ4n) is 2.46. The average Bonchev–Trinajstić information content (AvgIpc) is 2.72. The molecular weight excluding hydrogens is 454 g/mol. The third-order valence-electron chi connectivity index (χ3n) is 3.94. The minimum Gasteiger partial charge on any atom is -0.366 e. The van der Waals surface area contributed by atoms with E-state index in [4.69, 9.17) is 5.73 Å². The van der Waals surface area contributed by atoms with Crippen molar-refractivity contribution in [3.05, 3.63) is 87.1 Å². The van der Waals surface area contributed by atoms with E-state index in [1.807, 2.05) is 24.3 Å². The highest BCUT2D eigenvalue weighted by molar-refractivity contribution is 9.10. The first-order valence-corrected chi connectivity index (χ1v) is 10.4. The summed E-state index contributed by atoms with van der Waals surface area (Å²) >= 11 is 4.84. The summed E-state index contributed by atoms with van der Waals surface area (Å²) in [5.41, 5.74) is 7.02. The van der Waals surface area contributed by atoms with Crippen molar-refractivity contribution in [2.24, 2.45) is 5.73 Å². The first-order valence-electron chi connectivity index (χ1n) is 8.60. The van der Waals surface area contributed by atoms with Crippen molar-refractivity contribution in [2.45, 2.75) is 17.5 Å². The monoisotopic (exact) mass is 471 g/mol. The lowest BCUT2D eigenvalue weighted by molar-refractivity contribution is 0.100. The van der Waals surface area contributed by atoms with Crippen LogP contribution in [0, 0.1) is 0 Å². The molecule has 0 unspecified atom stereocenters. The SMILES string of the molecule is C=CCn1c(SCc2ccc(Br)cc2)nnc(Nc2ccc(C(N)=O)cc2)c1=O. The smallest absolute Gasteiger partial charge is 0.297 e. The first kappa shape index (κ1) is 20.8. The average molecular weight is 472 g/mol. The summed E-state index contributed by atoms with van der Waals surface area (Å²) in [4.78, 5) is 24.0. The number of hydrogen-bond acceptors (Lipinski definition) is 6. The van der Waals surface area contributed by atoms with Crippen LogP contribution in [-0.2, 0) is 12.3 Å². The number of hydrogen-bond donors (Lipinski definition) is 2. The number of rotatable bonds is 8. The molecule has 2 aromatic carbocycles. The van der Waals surface area contributed by atoms with Crippen LogP contribution < -0.4 is 16.6 Å². The number of amides is 1. The van der Waals surface area contributed by atoms with Crippen LogP contribution in [-0.4, -0.2) is 20.7 Å². The Labute approximate surface area is 180 Å². The van der Waals surface area contributed by atoms with Crippen LogP contribution in [0.3, 0.4) is 0 Å². The van der Waals surface area contributed by atoms with Gasteiger partial charge in [0.15, 0.2) is 5.16 Å². The lowest BCUT2D eigenvalue weighted by Crippen LogP contribution is -2.26. The summed E-state index contributed by atoms with van der Waals surface area (Å²) in [5.74, 6) is 0.225. The van der Waals surface area contributed by atoms with Crippen LogP contribution in [0.25, 0.3) is 0 Å². The van der Waals surface area contributed by atoms with Gasteiger partial charge in [-0.25, -0.2) is 0 Å². The van der Waals surface area contributed by atoms with E-state index in [2.05, 4.69) is 38.0 Å². The molecule has 0 aliphatic heterocycles. The summed E-state index contributed by atoms with van der Waals surface area (Å²) in [5, 5.41) is 11.7. The molecule has 0 saturated carbocycles. The summed E-state index contributed by atoms with van der Waals surface area (Å²) in [6.45, 7) is 4.03. The molecule has 7 nitrogen and oxygen atoms in total. The highest BCUT2D eigenvalue weighted by Crippen LogP contribution is 2.22. The van der Waals surface area contributed by atoms with Crippen molar-refractivity contribution in [2.75, 3.05) is 5.32 Å². The summed E-state index contributed by atoms with van der Waals surface area (Å²) in [7, 11) is 0. The number of nitrogens with one attached hydrogen (secondary N) is 1. The Hall–Kier alpha value is -2.91. The summed E-state index contributed by atoms with van der Waals surface area (Å²) in [6, 6.07) is 14.4. The molecule has 0 aliphatic carbocycles. The van der Waals surface area contributed by atoms with E-state index in [-0.39, 0.29) is 11.4 Å². The molecule has 1 heterocycles. The topological polar surface area (TPSA) is 103 Å². The van der Waals surface area contributed by atoms with Crippen LogP contribution >= 0.6 is 27.7 Å². The van der Waals surface area contributed by atoms with Crippen molar-refractivity contribution in [3.63, 3.8) is 0 Å². The summed E-state index contributed by atoms with van der Waals surface area (Å²) < 4.78 is 2.53. The van der Waals surface area contributed by atoms with E-state index < -0.39 is 5.91 Å². The van der Waals surface area contributed by atoms with Crippen molar-refractivity contribution in [1.29, 1.82) is 0 Å². The molecule has 3 N–H and O–H groups in total. The molecular formula is C20H18BrN5O2S. The zero-order valence-electron chi connectivity index (χ0n) is 15.3. The Morgan fingerprint density at radius 3 is 2.48 bits per heavy atom. The van der Waals surface area contributed by atoms with Gasteiger partial charge in [-0.05, 0) is 42.0 Å². The Balaban J connectivity index is 1.81. The van der Waals surface area contributed by atoms with Gasteiger partial charge in [-0.15, -0.1) is 16.8 Å². The second kappa shape index (κ2) is 9.53. The number of primary amides is 1. The number of thioether (sulfide) groups is 1. The second-order valence-corrected chi connectivity index (χ2v) is 7.88. The third kappa shape index (κ3) is 5.33. The minimum absolute atomic E-state index is 0.0895. The van der Waals surface area contributed by atoms with Crippen LogP contribution in [0.1, 0.15) is 15.9 Å². The maximum absolute atomic E-state index is 12.9. The number of carbonyl (C=O) groups is 1. The van der Waals surface area contributed by atoms with Gasteiger partial charge in [0, 0.05) is 28.0 Å². The molecule has 29 heavy (non-hydrogen) atoms. The van der Waals surface area contributed by atoms with E-state index in [1.54, 1.807) is 30.3 Å². The van der Waals surface area contributed by atoms with Gasteiger partial charge < -0.3 is 11.1 Å². The number of benzene rings is 2. The van der Waals surface area contributed by atoms with E-state index in [0.717, 1.165) is 10.0 Å². The van der Waals surface area contributed by atoms with Crippen LogP contribution in [0.5, 0.6) is 0 Å². The van der Waals surface area contributed by atoms with E-state index >= 15 is 0 Å². The molecule has 0 radical (unpaired) electrons. The standard InChI is InChI=1S/C20H18BrN5O2S/c1-2-11-26-19(28)18(23-16-9-5-14(6-10-16)17(22)27)24-25-20(26)29-12-13-3-7-15(21)8-4-13/h2-10H,1,11-12H2,(H2,22,27)(H,23,24). The molecule has 3 aromatic rings. The predicted molar refractivity (Wildman–Crippen MR) is 118 cm³/mol. The highest BCUT2D eigenvalue weighted by Gasteiger charge is 2.13. The van der Waals surface area contributed by atoms with Crippen molar-refractivity contribution >= 4 is 45.1 Å². The number of aromatic nitrogens is 3. The van der Waals surface area contributed by atoms with Crippen molar-refractivity contribution in [1.82, 2.24) is 14.8 Å². The van der Waals surface area contributed by atoms with Crippen LogP contribution in [0.4, 0.5) is 11.5 Å². The second-order valence-electron chi connectivity index (χ2n) is 6.02. The maximum Gasteiger partial charge on any atom is 0.297 e. The zero-order chi connectivity index (χ0) is 20.8. The number of halogens is 1. The first-order chi connectivity index (χ1) is 14.0. The fraction of sp³-hybridized carbons (Fsp3) is 0.100. The van der Waals surface area contributed by atoms with Gasteiger partial charge in [0.25, 0.3) is 5.56 Å². The Morgan fingerprint density at radius 1 is 1.17 bits per heavy atom. The van der Waals surface area contributed by atoms with Gasteiger partial charge >= 0.3 is 0 Å². The molecule has 1 amide bonds. The zero-order valence-corrected chi connectivity index (χ0v) is 17.7. The van der Waals surface area contributed by atoms with Gasteiger partial charge in [-0.3, -0.25) is 14.2 Å². The number of anilines is 2. The molecule has 0 spiro atoms.